The van der Waals surface area contributed by atoms with E-state index in [0.29, 0.717) is 11.1 Å². The summed E-state index contributed by atoms with van der Waals surface area (Å²) in [6, 6.07) is 38.1. The summed E-state index contributed by atoms with van der Waals surface area (Å²) >= 11 is 0. The third-order valence-corrected chi connectivity index (χ3v) is 7.02. The van der Waals surface area contributed by atoms with Gasteiger partial charge in [-0.3, -0.25) is 5.32 Å². The number of rotatable bonds is 6. The maximum atomic E-state index is 16.2. The number of hydrogen-bond acceptors (Lipinski definition) is 2. The molecule has 40 heavy (non-hydrogen) atoms. The lowest BCUT2D eigenvalue weighted by atomic mass is 9.77. The SMILES string of the molecule is O=C(O)Nc1ccc2c(c(-c3cccc(F)c3)nn2C(c2ccccc2)(c2ccccc2)c2ccccc2)c1F. The Bertz CT molecular complexity index is 1720. The van der Waals surface area contributed by atoms with Crippen LogP contribution >= 0.6 is 0 Å². The zero-order chi connectivity index (χ0) is 27.7. The molecule has 0 saturated heterocycles. The number of amides is 1. The van der Waals surface area contributed by atoms with Gasteiger partial charge in [0.25, 0.3) is 0 Å². The molecule has 6 rings (SSSR count). The first-order chi connectivity index (χ1) is 19.5. The highest BCUT2D eigenvalue weighted by atomic mass is 19.1. The van der Waals surface area contributed by atoms with E-state index in [-0.39, 0.29) is 16.8 Å². The van der Waals surface area contributed by atoms with Gasteiger partial charge in [-0.15, -0.1) is 0 Å². The van der Waals surface area contributed by atoms with Crippen LogP contribution in [0.3, 0.4) is 0 Å². The molecule has 1 amide bonds. The third-order valence-electron chi connectivity index (χ3n) is 7.02. The summed E-state index contributed by atoms with van der Waals surface area (Å²) in [6.45, 7) is 0. The van der Waals surface area contributed by atoms with Crippen molar-refractivity contribution >= 4 is 22.7 Å². The minimum Gasteiger partial charge on any atom is -0.465 e. The van der Waals surface area contributed by atoms with Crippen molar-refractivity contribution in [2.24, 2.45) is 0 Å². The van der Waals surface area contributed by atoms with Crippen LogP contribution in [0.2, 0.25) is 0 Å². The number of anilines is 1. The van der Waals surface area contributed by atoms with Crippen LogP contribution in [0.1, 0.15) is 16.7 Å². The van der Waals surface area contributed by atoms with Crippen molar-refractivity contribution in [3.8, 4) is 11.3 Å². The fourth-order valence-electron chi connectivity index (χ4n) is 5.38. The molecular formula is C33H23F2N3O2. The van der Waals surface area contributed by atoms with E-state index in [1.807, 2.05) is 91.0 Å². The van der Waals surface area contributed by atoms with Crippen molar-refractivity contribution in [2.45, 2.75) is 5.54 Å². The molecule has 1 aromatic heterocycles. The molecule has 5 aromatic carbocycles. The number of nitrogens with one attached hydrogen (secondary N) is 1. The first-order valence-corrected chi connectivity index (χ1v) is 12.6. The molecule has 0 aliphatic rings. The smallest absolute Gasteiger partial charge is 0.409 e. The monoisotopic (exact) mass is 531 g/mol. The molecule has 7 heteroatoms. The van der Waals surface area contributed by atoms with Gasteiger partial charge < -0.3 is 5.11 Å². The molecule has 0 aliphatic heterocycles. The van der Waals surface area contributed by atoms with Gasteiger partial charge in [-0.25, -0.2) is 18.3 Å². The van der Waals surface area contributed by atoms with Crippen LogP contribution in [0.4, 0.5) is 19.3 Å². The molecule has 0 bridgehead atoms. The quantitative estimate of drug-likeness (QED) is 0.215. The van der Waals surface area contributed by atoms with E-state index in [1.54, 1.807) is 16.8 Å². The van der Waals surface area contributed by atoms with Crippen LogP contribution in [0.15, 0.2) is 127 Å². The molecule has 2 N–H and O–H groups in total. The van der Waals surface area contributed by atoms with Crippen LogP contribution in [0, 0.1) is 11.6 Å². The van der Waals surface area contributed by atoms with Crippen molar-refractivity contribution in [3.63, 3.8) is 0 Å². The van der Waals surface area contributed by atoms with Gasteiger partial charge >= 0.3 is 6.09 Å². The number of aromatic nitrogens is 2. The van der Waals surface area contributed by atoms with Crippen LogP contribution in [0.25, 0.3) is 22.2 Å². The highest BCUT2D eigenvalue weighted by Gasteiger charge is 2.41. The topological polar surface area (TPSA) is 67.2 Å². The molecule has 0 radical (unpaired) electrons. The number of halogens is 2. The Morgan fingerprint density at radius 2 is 1.27 bits per heavy atom. The van der Waals surface area contributed by atoms with Crippen molar-refractivity contribution in [2.75, 3.05) is 5.32 Å². The highest BCUT2D eigenvalue weighted by Crippen LogP contribution is 2.45. The summed E-state index contributed by atoms with van der Waals surface area (Å²) in [5.41, 5.74) is 2.28. The summed E-state index contributed by atoms with van der Waals surface area (Å²) < 4.78 is 32.4. The number of carboxylic acid groups (broad SMARTS) is 1. The molecule has 0 aliphatic carbocycles. The minimum absolute atomic E-state index is 0.0732. The molecule has 1 heterocycles. The van der Waals surface area contributed by atoms with Crippen LogP contribution < -0.4 is 5.32 Å². The van der Waals surface area contributed by atoms with E-state index >= 15 is 4.39 Å². The van der Waals surface area contributed by atoms with Crippen LogP contribution in [-0.2, 0) is 5.54 Å². The van der Waals surface area contributed by atoms with Gasteiger partial charge in [-0.2, -0.15) is 5.10 Å². The number of nitrogens with zero attached hydrogens (tertiary/aromatic N) is 2. The third kappa shape index (κ3) is 4.08. The van der Waals surface area contributed by atoms with Crippen molar-refractivity contribution in [1.29, 1.82) is 0 Å². The molecule has 0 atom stereocenters. The Labute approximate surface area is 229 Å². The molecule has 0 spiro atoms. The number of fused-ring (bicyclic) bond motifs is 1. The van der Waals surface area contributed by atoms with E-state index < -0.39 is 23.3 Å². The van der Waals surface area contributed by atoms with Gasteiger partial charge in [0.2, 0.25) is 0 Å². The van der Waals surface area contributed by atoms with E-state index in [2.05, 4.69) is 5.32 Å². The second kappa shape index (κ2) is 10.1. The van der Waals surface area contributed by atoms with E-state index in [4.69, 9.17) is 5.10 Å². The zero-order valence-corrected chi connectivity index (χ0v) is 21.1. The van der Waals surface area contributed by atoms with Gasteiger partial charge in [0.1, 0.15) is 17.1 Å². The first-order valence-electron chi connectivity index (χ1n) is 12.6. The second-order valence-electron chi connectivity index (χ2n) is 9.33. The average Bonchev–Trinajstić information content (AvgIpc) is 3.37. The summed E-state index contributed by atoms with van der Waals surface area (Å²) in [4.78, 5) is 11.4. The van der Waals surface area contributed by atoms with E-state index in [0.717, 1.165) is 16.7 Å². The van der Waals surface area contributed by atoms with Gasteiger partial charge in [-0.1, -0.05) is 103 Å². The Morgan fingerprint density at radius 3 is 1.77 bits per heavy atom. The number of benzene rings is 5. The largest absolute Gasteiger partial charge is 0.465 e. The van der Waals surface area contributed by atoms with E-state index in [1.165, 1.54) is 24.3 Å². The molecule has 5 nitrogen and oxygen atoms in total. The molecule has 196 valence electrons. The van der Waals surface area contributed by atoms with E-state index in [9.17, 15) is 14.3 Å². The summed E-state index contributed by atoms with van der Waals surface area (Å²) in [5.74, 6) is -1.30. The van der Waals surface area contributed by atoms with Gasteiger partial charge in [0, 0.05) is 5.56 Å². The number of hydrogen-bond donors (Lipinski definition) is 2. The normalized spacial score (nSPS) is 11.4. The molecule has 6 aromatic rings. The predicted octanol–water partition coefficient (Wildman–Crippen LogP) is 7.91. The maximum absolute atomic E-state index is 16.2. The molecule has 0 fully saturated rings. The van der Waals surface area contributed by atoms with Gasteiger partial charge in [0.05, 0.1) is 16.6 Å². The van der Waals surface area contributed by atoms with Crippen LogP contribution in [0.5, 0.6) is 0 Å². The lowest BCUT2D eigenvalue weighted by Crippen LogP contribution is -2.38. The lowest BCUT2D eigenvalue weighted by molar-refractivity contribution is 0.209. The fourth-order valence-corrected chi connectivity index (χ4v) is 5.38. The van der Waals surface area contributed by atoms with Crippen molar-refractivity contribution < 1.29 is 18.7 Å². The molecular weight excluding hydrogens is 508 g/mol. The van der Waals surface area contributed by atoms with Crippen molar-refractivity contribution in [3.05, 3.63) is 156 Å². The first kappa shape index (κ1) is 25.0. The summed E-state index contributed by atoms with van der Waals surface area (Å²) in [5, 5.41) is 16.5. The maximum Gasteiger partial charge on any atom is 0.409 e. The highest BCUT2D eigenvalue weighted by molar-refractivity contribution is 5.98. The average molecular weight is 532 g/mol. The number of carbonyl (C=O) groups is 1. The Kier molecular flexibility index (Phi) is 6.32. The fraction of sp³-hybridized carbons (Fsp3) is 0.0303. The summed E-state index contributed by atoms with van der Waals surface area (Å²) in [6.07, 6.45) is -1.40. The lowest BCUT2D eigenvalue weighted by Gasteiger charge is -2.37. The summed E-state index contributed by atoms with van der Waals surface area (Å²) in [7, 11) is 0. The van der Waals surface area contributed by atoms with Crippen molar-refractivity contribution in [1.82, 2.24) is 9.78 Å². The second-order valence-corrected chi connectivity index (χ2v) is 9.33. The molecule has 0 unspecified atom stereocenters. The van der Waals surface area contributed by atoms with Gasteiger partial charge in [0.15, 0.2) is 5.82 Å². The zero-order valence-electron chi connectivity index (χ0n) is 21.1. The minimum atomic E-state index is -1.40. The Balaban J connectivity index is 1.80. The Hall–Kier alpha value is -5.30. The molecule has 0 saturated carbocycles. The van der Waals surface area contributed by atoms with Gasteiger partial charge in [-0.05, 0) is 41.0 Å². The predicted molar refractivity (Wildman–Crippen MR) is 151 cm³/mol. The standard InChI is InChI=1S/C33H23F2N3O2/c34-26-18-10-11-22(21-26)31-29-28(20-19-27(30(29)35)36-32(39)40)38(37-31)33(23-12-4-1-5-13-23,24-14-6-2-7-15-24)25-16-8-3-9-17-25/h1-21,36H,(H,39,40). The van der Waals surface area contributed by atoms with Crippen LogP contribution in [-0.4, -0.2) is 21.0 Å². The Morgan fingerprint density at radius 1 is 0.725 bits per heavy atom.